The summed E-state index contributed by atoms with van der Waals surface area (Å²) in [6.45, 7) is 4.52. The molecular formula is C16H27NO2. The standard InChI is InChI=1S/C16H27NO2/c1-18-15-12-17-11-5-6-13-19-14-7-10-16-8-3-2-4-9-16/h2-4,8-9,17H,5-7,10-15H2,1H3. The number of hydrogen-bond acceptors (Lipinski definition) is 3. The van der Waals surface area contributed by atoms with Gasteiger partial charge >= 0.3 is 0 Å². The third-order valence-electron chi connectivity index (χ3n) is 2.97. The van der Waals surface area contributed by atoms with Crippen LogP contribution >= 0.6 is 0 Å². The van der Waals surface area contributed by atoms with Gasteiger partial charge in [-0.15, -0.1) is 0 Å². The van der Waals surface area contributed by atoms with Gasteiger partial charge in [0.1, 0.15) is 0 Å². The van der Waals surface area contributed by atoms with E-state index in [0.717, 1.165) is 52.2 Å². The van der Waals surface area contributed by atoms with Crippen molar-refractivity contribution in [2.24, 2.45) is 0 Å². The maximum Gasteiger partial charge on any atom is 0.0587 e. The first-order chi connectivity index (χ1) is 9.43. The molecule has 0 radical (unpaired) electrons. The van der Waals surface area contributed by atoms with Gasteiger partial charge in [0.25, 0.3) is 0 Å². The molecule has 0 saturated heterocycles. The average Bonchev–Trinajstić information content (AvgIpc) is 2.46. The molecule has 1 N–H and O–H groups in total. The van der Waals surface area contributed by atoms with E-state index in [9.17, 15) is 0 Å². The lowest BCUT2D eigenvalue weighted by Gasteiger charge is -2.05. The third kappa shape index (κ3) is 9.65. The first-order valence-corrected chi connectivity index (χ1v) is 7.25. The Morgan fingerprint density at radius 2 is 1.68 bits per heavy atom. The van der Waals surface area contributed by atoms with E-state index >= 15 is 0 Å². The van der Waals surface area contributed by atoms with Crippen LogP contribution in [-0.2, 0) is 15.9 Å². The summed E-state index contributed by atoms with van der Waals surface area (Å²) in [5, 5.41) is 3.33. The number of rotatable bonds is 12. The van der Waals surface area contributed by atoms with Crippen molar-refractivity contribution in [1.82, 2.24) is 5.32 Å². The highest BCUT2D eigenvalue weighted by Crippen LogP contribution is 2.02. The third-order valence-corrected chi connectivity index (χ3v) is 2.97. The van der Waals surface area contributed by atoms with Gasteiger partial charge < -0.3 is 14.8 Å². The minimum Gasteiger partial charge on any atom is -0.383 e. The van der Waals surface area contributed by atoms with Gasteiger partial charge in [-0.1, -0.05) is 30.3 Å². The number of benzene rings is 1. The van der Waals surface area contributed by atoms with Crippen LogP contribution in [0.5, 0.6) is 0 Å². The number of hydrogen-bond donors (Lipinski definition) is 1. The first kappa shape index (κ1) is 16.2. The van der Waals surface area contributed by atoms with Gasteiger partial charge in [0.2, 0.25) is 0 Å². The Bertz CT molecular complexity index is 290. The summed E-state index contributed by atoms with van der Waals surface area (Å²) in [6, 6.07) is 10.6. The summed E-state index contributed by atoms with van der Waals surface area (Å²) in [5.74, 6) is 0. The van der Waals surface area contributed by atoms with E-state index in [1.165, 1.54) is 12.0 Å². The summed E-state index contributed by atoms with van der Waals surface area (Å²) in [6.07, 6.45) is 4.52. The highest BCUT2D eigenvalue weighted by Gasteiger charge is 1.93. The topological polar surface area (TPSA) is 30.5 Å². The largest absolute Gasteiger partial charge is 0.383 e. The molecule has 0 aliphatic heterocycles. The van der Waals surface area contributed by atoms with Crippen LogP contribution in [0.15, 0.2) is 30.3 Å². The van der Waals surface area contributed by atoms with Crippen LogP contribution in [0.4, 0.5) is 0 Å². The highest BCUT2D eigenvalue weighted by atomic mass is 16.5. The molecular weight excluding hydrogens is 238 g/mol. The minimum atomic E-state index is 0.788. The molecule has 1 aromatic rings. The number of nitrogens with one attached hydrogen (secondary N) is 1. The molecule has 0 saturated carbocycles. The van der Waals surface area contributed by atoms with Crippen molar-refractivity contribution in [3.05, 3.63) is 35.9 Å². The van der Waals surface area contributed by atoms with E-state index in [0.29, 0.717) is 0 Å². The normalized spacial score (nSPS) is 10.8. The summed E-state index contributed by atoms with van der Waals surface area (Å²) in [4.78, 5) is 0. The lowest BCUT2D eigenvalue weighted by atomic mass is 10.1. The van der Waals surface area contributed by atoms with Crippen molar-refractivity contribution in [2.75, 3.05) is 40.0 Å². The van der Waals surface area contributed by atoms with Crippen molar-refractivity contribution >= 4 is 0 Å². The average molecular weight is 265 g/mol. The lowest BCUT2D eigenvalue weighted by molar-refractivity contribution is 0.128. The second-order valence-electron chi connectivity index (χ2n) is 4.65. The van der Waals surface area contributed by atoms with E-state index in [1.54, 1.807) is 7.11 Å². The van der Waals surface area contributed by atoms with E-state index in [2.05, 4.69) is 35.6 Å². The summed E-state index contributed by atoms with van der Waals surface area (Å²) in [5.41, 5.74) is 1.40. The molecule has 1 rings (SSSR count). The Morgan fingerprint density at radius 1 is 0.895 bits per heavy atom. The fraction of sp³-hybridized carbons (Fsp3) is 0.625. The van der Waals surface area contributed by atoms with E-state index in [4.69, 9.17) is 9.47 Å². The van der Waals surface area contributed by atoms with Crippen molar-refractivity contribution in [1.29, 1.82) is 0 Å². The molecule has 0 spiro atoms. The lowest BCUT2D eigenvalue weighted by Crippen LogP contribution is -2.20. The molecule has 3 nitrogen and oxygen atoms in total. The molecule has 0 aromatic heterocycles. The van der Waals surface area contributed by atoms with Gasteiger partial charge in [-0.25, -0.2) is 0 Å². The molecule has 3 heteroatoms. The fourth-order valence-corrected chi connectivity index (χ4v) is 1.88. The predicted molar refractivity (Wildman–Crippen MR) is 79.6 cm³/mol. The van der Waals surface area contributed by atoms with Gasteiger partial charge in [-0.2, -0.15) is 0 Å². The zero-order chi connectivity index (χ0) is 13.6. The molecule has 0 aliphatic carbocycles. The Labute approximate surface area is 117 Å². The molecule has 0 atom stereocenters. The maximum atomic E-state index is 5.63. The molecule has 0 aliphatic rings. The monoisotopic (exact) mass is 265 g/mol. The zero-order valence-electron chi connectivity index (χ0n) is 12.1. The summed E-state index contributed by atoms with van der Waals surface area (Å²) >= 11 is 0. The van der Waals surface area contributed by atoms with Crippen molar-refractivity contribution in [3.8, 4) is 0 Å². The number of aryl methyl sites for hydroxylation is 1. The van der Waals surface area contributed by atoms with Crippen molar-refractivity contribution < 1.29 is 9.47 Å². The molecule has 0 amide bonds. The smallest absolute Gasteiger partial charge is 0.0587 e. The first-order valence-electron chi connectivity index (χ1n) is 7.25. The van der Waals surface area contributed by atoms with Crippen LogP contribution in [0, 0.1) is 0 Å². The van der Waals surface area contributed by atoms with Crippen LogP contribution in [0.25, 0.3) is 0 Å². The molecule has 0 bridgehead atoms. The van der Waals surface area contributed by atoms with Crippen LogP contribution in [-0.4, -0.2) is 40.0 Å². The SMILES string of the molecule is COCCNCCCCOCCCc1ccccc1. The summed E-state index contributed by atoms with van der Waals surface area (Å²) in [7, 11) is 1.73. The number of unbranched alkanes of at least 4 members (excludes halogenated alkanes) is 1. The van der Waals surface area contributed by atoms with Gasteiger partial charge in [-0.05, 0) is 37.8 Å². The Balaban J connectivity index is 1.79. The van der Waals surface area contributed by atoms with Crippen molar-refractivity contribution in [3.63, 3.8) is 0 Å². The number of ether oxygens (including phenoxy) is 2. The minimum absolute atomic E-state index is 0.788. The van der Waals surface area contributed by atoms with Gasteiger partial charge in [0.15, 0.2) is 0 Å². The molecule has 108 valence electrons. The predicted octanol–water partition coefficient (Wildman–Crippen LogP) is 2.65. The highest BCUT2D eigenvalue weighted by molar-refractivity contribution is 5.14. The van der Waals surface area contributed by atoms with Gasteiger partial charge in [0, 0.05) is 26.9 Å². The van der Waals surface area contributed by atoms with E-state index in [-0.39, 0.29) is 0 Å². The quantitative estimate of drug-likeness (QED) is 0.589. The summed E-state index contributed by atoms with van der Waals surface area (Å²) < 4.78 is 10.6. The second kappa shape index (κ2) is 12.2. The van der Waals surface area contributed by atoms with E-state index < -0.39 is 0 Å². The molecule has 0 unspecified atom stereocenters. The maximum absolute atomic E-state index is 5.63. The number of methoxy groups -OCH3 is 1. The molecule has 0 fully saturated rings. The Kier molecular flexibility index (Phi) is 10.3. The molecule has 19 heavy (non-hydrogen) atoms. The van der Waals surface area contributed by atoms with Crippen LogP contribution in [0.2, 0.25) is 0 Å². The Morgan fingerprint density at radius 3 is 2.47 bits per heavy atom. The molecule has 1 aromatic carbocycles. The zero-order valence-corrected chi connectivity index (χ0v) is 12.1. The molecule has 0 heterocycles. The van der Waals surface area contributed by atoms with E-state index in [1.807, 2.05) is 0 Å². The van der Waals surface area contributed by atoms with Crippen LogP contribution in [0.1, 0.15) is 24.8 Å². The van der Waals surface area contributed by atoms with Gasteiger partial charge in [-0.3, -0.25) is 0 Å². The van der Waals surface area contributed by atoms with Crippen LogP contribution in [0.3, 0.4) is 0 Å². The second-order valence-corrected chi connectivity index (χ2v) is 4.65. The van der Waals surface area contributed by atoms with Crippen LogP contribution < -0.4 is 5.32 Å². The fourth-order valence-electron chi connectivity index (χ4n) is 1.88. The van der Waals surface area contributed by atoms with Gasteiger partial charge in [0.05, 0.1) is 6.61 Å². The Hall–Kier alpha value is -0.900. The van der Waals surface area contributed by atoms with Crippen molar-refractivity contribution in [2.45, 2.75) is 25.7 Å².